The topological polar surface area (TPSA) is 108 Å². The van der Waals surface area contributed by atoms with E-state index in [4.69, 9.17) is 5.11 Å². The van der Waals surface area contributed by atoms with Gasteiger partial charge in [-0.25, -0.2) is 0 Å². The van der Waals surface area contributed by atoms with Crippen LogP contribution >= 0.6 is 0 Å². The third-order valence-corrected chi connectivity index (χ3v) is 4.37. The summed E-state index contributed by atoms with van der Waals surface area (Å²) in [5.41, 5.74) is 2.16. The lowest BCUT2D eigenvalue weighted by Gasteiger charge is -2.29. The van der Waals surface area contributed by atoms with Crippen LogP contribution in [0.25, 0.3) is 0 Å². The van der Waals surface area contributed by atoms with Crippen LogP contribution in [0.3, 0.4) is 0 Å². The Morgan fingerprint density at radius 3 is 2.46 bits per heavy atom. The Kier molecular flexibility index (Phi) is 7.00. The zero-order valence-electron chi connectivity index (χ0n) is 15.3. The highest BCUT2D eigenvalue weighted by Gasteiger charge is 2.27. The number of unbranched alkanes of at least 4 members (excludes halogenated alkanes) is 3. The molecule has 7 heteroatoms. The van der Waals surface area contributed by atoms with Gasteiger partial charge in [0, 0.05) is 18.5 Å². The van der Waals surface area contributed by atoms with Crippen LogP contribution in [0.1, 0.15) is 52.4 Å². The number of hydrogen-bond donors (Lipinski definition) is 4. The van der Waals surface area contributed by atoms with Crippen molar-refractivity contribution in [1.82, 2.24) is 0 Å². The zero-order chi connectivity index (χ0) is 19.1. The van der Waals surface area contributed by atoms with Crippen LogP contribution in [0.15, 0.2) is 18.2 Å². The summed E-state index contributed by atoms with van der Waals surface area (Å²) in [4.78, 5) is 34.5. The fraction of sp³-hybridized carbons (Fsp3) is 0.526. The molecule has 4 N–H and O–H groups in total. The maximum absolute atomic E-state index is 12.1. The molecule has 1 atom stereocenters. The summed E-state index contributed by atoms with van der Waals surface area (Å²) in [5.74, 6) is -0.759. The number of rotatable bonds is 9. The number of aliphatic carboxylic acids is 1. The fourth-order valence-electron chi connectivity index (χ4n) is 2.90. The smallest absolute Gasteiger partial charge is 0.303 e. The highest BCUT2D eigenvalue weighted by Crippen LogP contribution is 2.31. The quantitative estimate of drug-likeness (QED) is 0.504. The van der Waals surface area contributed by atoms with E-state index in [1.807, 2.05) is 26.0 Å². The van der Waals surface area contributed by atoms with Crippen molar-refractivity contribution in [2.75, 3.05) is 16.0 Å². The molecule has 1 heterocycles. The van der Waals surface area contributed by atoms with Crippen molar-refractivity contribution >= 4 is 34.8 Å². The number of hydrogen-bond acceptors (Lipinski definition) is 4. The van der Waals surface area contributed by atoms with Crippen LogP contribution in [0.2, 0.25) is 0 Å². The van der Waals surface area contributed by atoms with E-state index in [1.54, 1.807) is 6.07 Å². The van der Waals surface area contributed by atoms with E-state index in [0.717, 1.165) is 24.9 Å². The molecule has 1 aliphatic heterocycles. The van der Waals surface area contributed by atoms with Crippen LogP contribution < -0.4 is 16.0 Å². The summed E-state index contributed by atoms with van der Waals surface area (Å²) in [7, 11) is 0. The number of amides is 2. The molecule has 1 aromatic carbocycles. The van der Waals surface area contributed by atoms with E-state index in [0.29, 0.717) is 24.2 Å². The first-order valence-electron chi connectivity index (χ1n) is 9.10. The Hall–Kier alpha value is -2.57. The lowest BCUT2D eigenvalue weighted by Crippen LogP contribution is -2.42. The second-order valence-electron chi connectivity index (χ2n) is 6.97. The molecule has 2 amide bonds. The molecule has 0 saturated heterocycles. The standard InChI is InChI=1S/C19H27N3O4/c1-12(2)18-19(26)22-15-11-13(9-10-14(15)21-18)20-16(23)7-5-3-4-6-8-17(24)25/h9-12,18,21H,3-8H2,1-2H3,(H,20,23)(H,22,26)(H,24,25). The first-order chi connectivity index (χ1) is 12.4. The molecule has 0 saturated carbocycles. The van der Waals surface area contributed by atoms with E-state index in [1.165, 1.54) is 0 Å². The summed E-state index contributed by atoms with van der Waals surface area (Å²) >= 11 is 0. The minimum Gasteiger partial charge on any atom is -0.481 e. The van der Waals surface area contributed by atoms with E-state index in [-0.39, 0.29) is 30.2 Å². The molecular formula is C19H27N3O4. The van der Waals surface area contributed by atoms with Crippen molar-refractivity contribution in [3.63, 3.8) is 0 Å². The van der Waals surface area contributed by atoms with Gasteiger partial charge in [0.1, 0.15) is 6.04 Å². The van der Waals surface area contributed by atoms with Crippen LogP contribution in [0.5, 0.6) is 0 Å². The molecule has 7 nitrogen and oxygen atoms in total. The van der Waals surface area contributed by atoms with E-state index in [2.05, 4.69) is 16.0 Å². The molecular weight excluding hydrogens is 334 g/mol. The number of fused-ring (bicyclic) bond motifs is 1. The molecule has 0 aliphatic carbocycles. The van der Waals surface area contributed by atoms with Crippen molar-refractivity contribution in [2.45, 2.75) is 58.4 Å². The average Bonchev–Trinajstić information content (AvgIpc) is 2.56. The normalized spacial score (nSPS) is 15.8. The molecule has 0 bridgehead atoms. The summed E-state index contributed by atoms with van der Waals surface area (Å²) in [6.07, 6.45) is 3.59. The summed E-state index contributed by atoms with van der Waals surface area (Å²) in [6, 6.07) is 5.16. The van der Waals surface area contributed by atoms with Gasteiger partial charge in [-0.15, -0.1) is 0 Å². The van der Waals surface area contributed by atoms with E-state index >= 15 is 0 Å². The zero-order valence-corrected chi connectivity index (χ0v) is 15.3. The number of carbonyl (C=O) groups excluding carboxylic acids is 2. The van der Waals surface area contributed by atoms with Crippen molar-refractivity contribution in [2.24, 2.45) is 5.92 Å². The lowest BCUT2D eigenvalue weighted by molar-refractivity contribution is -0.137. The summed E-state index contributed by atoms with van der Waals surface area (Å²) in [5, 5.41) is 17.5. The van der Waals surface area contributed by atoms with Gasteiger partial charge in [-0.2, -0.15) is 0 Å². The van der Waals surface area contributed by atoms with Gasteiger partial charge in [0.15, 0.2) is 0 Å². The SMILES string of the molecule is CC(C)C1Nc2ccc(NC(=O)CCCCCCC(=O)O)cc2NC1=O. The molecule has 26 heavy (non-hydrogen) atoms. The van der Waals surface area contributed by atoms with Gasteiger partial charge >= 0.3 is 5.97 Å². The minimum atomic E-state index is -0.781. The number of benzene rings is 1. The van der Waals surface area contributed by atoms with Gasteiger partial charge in [0.2, 0.25) is 11.8 Å². The molecule has 2 rings (SSSR count). The molecule has 1 aliphatic rings. The maximum atomic E-state index is 12.1. The average molecular weight is 361 g/mol. The van der Waals surface area contributed by atoms with Gasteiger partial charge < -0.3 is 21.1 Å². The Morgan fingerprint density at radius 2 is 1.81 bits per heavy atom. The highest BCUT2D eigenvalue weighted by molar-refractivity contribution is 6.04. The minimum absolute atomic E-state index is 0.0719. The van der Waals surface area contributed by atoms with E-state index in [9.17, 15) is 14.4 Å². The first kappa shape index (κ1) is 19.8. The molecule has 0 aromatic heterocycles. The third-order valence-electron chi connectivity index (χ3n) is 4.37. The van der Waals surface area contributed by atoms with Crippen molar-refractivity contribution in [3.05, 3.63) is 18.2 Å². The predicted octanol–water partition coefficient (Wildman–Crippen LogP) is 3.44. The number of nitrogens with one attached hydrogen (secondary N) is 3. The van der Waals surface area contributed by atoms with Gasteiger partial charge in [-0.3, -0.25) is 14.4 Å². The van der Waals surface area contributed by atoms with Gasteiger partial charge in [-0.05, 0) is 37.0 Å². The van der Waals surface area contributed by atoms with Crippen molar-refractivity contribution in [3.8, 4) is 0 Å². The van der Waals surface area contributed by atoms with Gasteiger partial charge in [0.05, 0.1) is 11.4 Å². The summed E-state index contributed by atoms with van der Waals surface area (Å²) < 4.78 is 0. The van der Waals surface area contributed by atoms with Gasteiger partial charge in [-0.1, -0.05) is 26.7 Å². The van der Waals surface area contributed by atoms with Crippen LogP contribution in [-0.4, -0.2) is 28.9 Å². The van der Waals surface area contributed by atoms with Crippen LogP contribution in [0, 0.1) is 5.92 Å². The number of carboxylic acids is 1. The lowest BCUT2D eigenvalue weighted by atomic mass is 10.0. The molecule has 142 valence electrons. The maximum Gasteiger partial charge on any atom is 0.303 e. The number of carbonyl (C=O) groups is 3. The molecule has 1 unspecified atom stereocenters. The second kappa shape index (κ2) is 9.22. The molecule has 0 spiro atoms. The number of anilines is 3. The Labute approximate surface area is 153 Å². The second-order valence-corrected chi connectivity index (χ2v) is 6.97. The molecule has 0 radical (unpaired) electrons. The fourth-order valence-corrected chi connectivity index (χ4v) is 2.90. The van der Waals surface area contributed by atoms with Crippen LogP contribution in [-0.2, 0) is 14.4 Å². The highest BCUT2D eigenvalue weighted by atomic mass is 16.4. The molecule has 1 aromatic rings. The molecule has 0 fully saturated rings. The summed E-state index contributed by atoms with van der Waals surface area (Å²) in [6.45, 7) is 3.97. The monoisotopic (exact) mass is 361 g/mol. The third kappa shape index (κ3) is 5.75. The Balaban J connectivity index is 1.80. The largest absolute Gasteiger partial charge is 0.481 e. The van der Waals surface area contributed by atoms with Gasteiger partial charge in [0.25, 0.3) is 0 Å². The van der Waals surface area contributed by atoms with Crippen LogP contribution in [0.4, 0.5) is 17.1 Å². The van der Waals surface area contributed by atoms with E-state index < -0.39 is 5.97 Å². The Morgan fingerprint density at radius 1 is 1.12 bits per heavy atom. The predicted molar refractivity (Wildman–Crippen MR) is 101 cm³/mol. The Bertz CT molecular complexity index is 673. The van der Waals surface area contributed by atoms with Crippen molar-refractivity contribution in [1.29, 1.82) is 0 Å². The first-order valence-corrected chi connectivity index (χ1v) is 9.10. The van der Waals surface area contributed by atoms with Crippen molar-refractivity contribution < 1.29 is 19.5 Å². The number of carboxylic acid groups (broad SMARTS) is 1.